The molecule has 2 saturated heterocycles. The van der Waals surface area contributed by atoms with Gasteiger partial charge in [-0.05, 0) is 35.9 Å². The molecule has 110 valence electrons. The average Bonchev–Trinajstić information content (AvgIpc) is 2.80. The van der Waals surface area contributed by atoms with Gasteiger partial charge < -0.3 is 10.0 Å². The molecule has 0 saturated carbocycles. The number of piperidine rings is 1. The average molecular weight is 273 g/mol. The molecule has 2 aliphatic rings. The van der Waals surface area contributed by atoms with Crippen LogP contribution < -0.4 is 0 Å². The molecule has 0 radical (unpaired) electrons. The van der Waals surface area contributed by atoms with E-state index in [1.54, 1.807) is 0 Å². The summed E-state index contributed by atoms with van der Waals surface area (Å²) in [5, 5.41) is 11.0. The number of benzene rings is 1. The van der Waals surface area contributed by atoms with Crippen molar-refractivity contribution in [1.29, 1.82) is 0 Å². The van der Waals surface area contributed by atoms with E-state index in [1.807, 2.05) is 0 Å². The van der Waals surface area contributed by atoms with Crippen molar-refractivity contribution < 1.29 is 5.11 Å². The molecule has 2 fully saturated rings. The fourth-order valence-electron chi connectivity index (χ4n) is 3.74. The minimum atomic E-state index is -0.476. The second-order valence-corrected chi connectivity index (χ2v) is 7.76. The minimum Gasteiger partial charge on any atom is -0.389 e. The molecule has 2 aliphatic heterocycles. The Kier molecular flexibility index (Phi) is 3.42. The Labute approximate surface area is 122 Å². The smallest absolute Gasteiger partial charge is 0.0740 e. The van der Waals surface area contributed by atoms with E-state index in [4.69, 9.17) is 0 Å². The molecule has 1 aromatic carbocycles. The Hall–Kier alpha value is -0.860. The zero-order chi connectivity index (χ0) is 14.4. The summed E-state index contributed by atoms with van der Waals surface area (Å²) >= 11 is 0. The maximum Gasteiger partial charge on any atom is 0.0740 e. The lowest BCUT2D eigenvalue weighted by atomic mass is 9.77. The summed E-state index contributed by atoms with van der Waals surface area (Å²) in [5.41, 5.74) is 2.37. The molecule has 1 aromatic rings. The van der Waals surface area contributed by atoms with E-state index in [0.717, 1.165) is 32.4 Å². The Morgan fingerprint density at radius 1 is 1.20 bits per heavy atom. The lowest BCUT2D eigenvalue weighted by Gasteiger charge is -2.39. The highest BCUT2D eigenvalue weighted by Crippen LogP contribution is 2.38. The molecule has 0 amide bonds. The van der Waals surface area contributed by atoms with Gasteiger partial charge in [0.05, 0.1) is 5.60 Å². The molecule has 3 unspecified atom stereocenters. The first-order valence-corrected chi connectivity index (χ1v) is 7.91. The number of nitrogens with zero attached hydrogens (tertiary/aromatic N) is 1. The predicted octanol–water partition coefficient (Wildman–Crippen LogP) is 2.98. The van der Waals surface area contributed by atoms with Gasteiger partial charge >= 0.3 is 0 Å². The summed E-state index contributed by atoms with van der Waals surface area (Å²) in [7, 11) is 0. The number of hydrogen-bond acceptors (Lipinski definition) is 2. The normalized spacial score (nSPS) is 33.4. The number of fused-ring (bicyclic) bond motifs is 2. The molecule has 0 spiro atoms. The Bertz CT molecular complexity index is 473. The molecule has 2 bridgehead atoms. The van der Waals surface area contributed by atoms with Crippen LogP contribution in [0.3, 0.4) is 0 Å². The topological polar surface area (TPSA) is 23.5 Å². The molecular weight excluding hydrogens is 246 g/mol. The summed E-state index contributed by atoms with van der Waals surface area (Å²) in [6, 6.07) is 8.87. The number of hydrogen-bond donors (Lipinski definition) is 1. The van der Waals surface area contributed by atoms with Gasteiger partial charge in [0.2, 0.25) is 0 Å². The number of rotatable bonds is 2. The third kappa shape index (κ3) is 2.64. The van der Waals surface area contributed by atoms with Crippen LogP contribution in [-0.2, 0) is 11.8 Å². The van der Waals surface area contributed by atoms with Crippen LogP contribution in [0.25, 0.3) is 0 Å². The van der Waals surface area contributed by atoms with Gasteiger partial charge in [-0.15, -0.1) is 0 Å². The molecule has 0 aliphatic carbocycles. The van der Waals surface area contributed by atoms with E-state index < -0.39 is 5.60 Å². The molecule has 2 heterocycles. The first-order chi connectivity index (χ1) is 9.37. The van der Waals surface area contributed by atoms with Gasteiger partial charge in [-0.3, -0.25) is 0 Å². The van der Waals surface area contributed by atoms with Crippen LogP contribution in [0.4, 0.5) is 0 Å². The fourth-order valence-corrected chi connectivity index (χ4v) is 3.74. The monoisotopic (exact) mass is 273 g/mol. The van der Waals surface area contributed by atoms with Crippen molar-refractivity contribution in [3.63, 3.8) is 0 Å². The molecule has 3 atom stereocenters. The van der Waals surface area contributed by atoms with Crippen LogP contribution in [0.2, 0.25) is 0 Å². The van der Waals surface area contributed by atoms with Crippen molar-refractivity contribution in [3.05, 3.63) is 35.4 Å². The summed E-state index contributed by atoms with van der Waals surface area (Å²) in [4.78, 5) is 2.49. The van der Waals surface area contributed by atoms with Crippen LogP contribution in [0.5, 0.6) is 0 Å². The fraction of sp³-hybridized carbons (Fsp3) is 0.667. The summed E-state index contributed by atoms with van der Waals surface area (Å²) in [6.07, 6.45) is 2.91. The van der Waals surface area contributed by atoms with Gasteiger partial charge in [-0.1, -0.05) is 45.0 Å². The van der Waals surface area contributed by atoms with Gasteiger partial charge in [0.25, 0.3) is 0 Å². The van der Waals surface area contributed by atoms with Crippen molar-refractivity contribution in [2.45, 2.75) is 51.0 Å². The second-order valence-electron chi connectivity index (χ2n) is 7.76. The molecule has 20 heavy (non-hydrogen) atoms. The van der Waals surface area contributed by atoms with E-state index in [0.29, 0.717) is 5.92 Å². The second kappa shape index (κ2) is 4.85. The summed E-state index contributed by atoms with van der Waals surface area (Å²) in [6.45, 7) is 10.1. The van der Waals surface area contributed by atoms with Crippen molar-refractivity contribution in [3.8, 4) is 0 Å². The zero-order valence-corrected chi connectivity index (χ0v) is 13.0. The van der Waals surface area contributed by atoms with Crippen molar-refractivity contribution >= 4 is 0 Å². The Morgan fingerprint density at radius 3 is 2.55 bits per heavy atom. The van der Waals surface area contributed by atoms with E-state index in [-0.39, 0.29) is 5.41 Å². The first kappa shape index (κ1) is 14.1. The SMILES string of the molecule is CC(C)(C)c1ccc(CC2(O)CCN3CCC2C3)cc1. The molecule has 0 aromatic heterocycles. The predicted molar refractivity (Wildman–Crippen MR) is 83.0 cm³/mol. The summed E-state index contributed by atoms with van der Waals surface area (Å²) in [5.74, 6) is 0.471. The highest BCUT2D eigenvalue weighted by molar-refractivity contribution is 5.28. The zero-order valence-electron chi connectivity index (χ0n) is 13.0. The molecule has 2 heteroatoms. The molecular formula is C18H27NO. The highest BCUT2D eigenvalue weighted by Gasteiger charge is 2.44. The van der Waals surface area contributed by atoms with E-state index in [9.17, 15) is 5.11 Å². The van der Waals surface area contributed by atoms with Gasteiger partial charge in [-0.25, -0.2) is 0 Å². The highest BCUT2D eigenvalue weighted by atomic mass is 16.3. The van der Waals surface area contributed by atoms with Gasteiger partial charge in [0.15, 0.2) is 0 Å². The van der Waals surface area contributed by atoms with Gasteiger partial charge in [-0.2, -0.15) is 0 Å². The van der Waals surface area contributed by atoms with Gasteiger partial charge in [0.1, 0.15) is 0 Å². The maximum atomic E-state index is 11.0. The van der Waals surface area contributed by atoms with Crippen LogP contribution in [0.15, 0.2) is 24.3 Å². The number of aliphatic hydroxyl groups is 1. The largest absolute Gasteiger partial charge is 0.389 e. The standard InChI is InChI=1S/C18H27NO/c1-17(2,3)15-6-4-14(5-7-15)12-18(20)9-11-19-10-8-16(18)13-19/h4-7,16,20H,8-13H2,1-3H3. The van der Waals surface area contributed by atoms with Crippen LogP contribution in [0.1, 0.15) is 44.7 Å². The third-order valence-corrected chi connectivity index (χ3v) is 5.22. The quantitative estimate of drug-likeness (QED) is 0.895. The van der Waals surface area contributed by atoms with E-state index >= 15 is 0 Å². The lowest BCUT2D eigenvalue weighted by Crippen LogP contribution is -2.47. The lowest BCUT2D eigenvalue weighted by molar-refractivity contribution is -0.0438. The van der Waals surface area contributed by atoms with Crippen molar-refractivity contribution in [2.75, 3.05) is 19.6 Å². The van der Waals surface area contributed by atoms with Crippen molar-refractivity contribution in [2.24, 2.45) is 5.92 Å². The van der Waals surface area contributed by atoms with Crippen LogP contribution >= 0.6 is 0 Å². The Morgan fingerprint density at radius 2 is 1.90 bits per heavy atom. The van der Waals surface area contributed by atoms with Crippen molar-refractivity contribution in [1.82, 2.24) is 4.90 Å². The van der Waals surface area contributed by atoms with Crippen LogP contribution in [-0.4, -0.2) is 35.2 Å². The molecule has 2 nitrogen and oxygen atoms in total. The maximum absolute atomic E-state index is 11.0. The van der Waals surface area contributed by atoms with E-state index in [1.165, 1.54) is 17.7 Å². The minimum absolute atomic E-state index is 0.201. The van der Waals surface area contributed by atoms with Crippen LogP contribution in [0, 0.1) is 5.92 Å². The first-order valence-electron chi connectivity index (χ1n) is 7.91. The third-order valence-electron chi connectivity index (χ3n) is 5.22. The molecule has 1 N–H and O–H groups in total. The Balaban J connectivity index is 1.74. The van der Waals surface area contributed by atoms with E-state index in [2.05, 4.69) is 49.9 Å². The van der Waals surface area contributed by atoms with Gasteiger partial charge in [0, 0.05) is 25.4 Å². The molecule has 3 rings (SSSR count). The summed E-state index contributed by atoms with van der Waals surface area (Å²) < 4.78 is 0.